The lowest BCUT2D eigenvalue weighted by Crippen LogP contribution is -2.14. The van der Waals surface area contributed by atoms with Crippen molar-refractivity contribution >= 4 is 34.3 Å². The van der Waals surface area contributed by atoms with Gasteiger partial charge < -0.3 is 24.3 Å². The molecule has 1 aliphatic heterocycles. The molecule has 4 rings (SSSR count). The van der Waals surface area contributed by atoms with Crippen molar-refractivity contribution in [2.24, 2.45) is 0 Å². The number of hydrogen-bond acceptors (Lipinski definition) is 7. The maximum Gasteiger partial charge on any atom is 0.234 e. The van der Waals surface area contributed by atoms with Crippen molar-refractivity contribution < 1.29 is 23.7 Å². The molecule has 1 amide bonds. The summed E-state index contributed by atoms with van der Waals surface area (Å²) in [5.74, 6) is 2.75. The van der Waals surface area contributed by atoms with E-state index in [1.165, 1.54) is 11.8 Å². The number of pyridine rings is 1. The first-order valence-corrected chi connectivity index (χ1v) is 10.5. The van der Waals surface area contributed by atoms with Crippen LogP contribution in [0.2, 0.25) is 0 Å². The lowest BCUT2D eigenvalue weighted by atomic mass is 10.1. The Morgan fingerprint density at radius 1 is 1.07 bits per heavy atom. The number of aryl methyl sites for hydroxylation is 1. The largest absolute Gasteiger partial charge is 0.497 e. The predicted molar refractivity (Wildman–Crippen MR) is 116 cm³/mol. The molecule has 2 aromatic carbocycles. The van der Waals surface area contributed by atoms with Crippen LogP contribution in [0.25, 0.3) is 10.9 Å². The predicted octanol–water partition coefficient (Wildman–Crippen LogP) is 4.27. The molecular formula is C22H22N2O5S. The topological polar surface area (TPSA) is 78.9 Å². The lowest BCUT2D eigenvalue weighted by molar-refractivity contribution is -0.113. The maximum absolute atomic E-state index is 12.5. The van der Waals surface area contributed by atoms with Crippen LogP contribution in [-0.4, -0.2) is 37.7 Å². The minimum Gasteiger partial charge on any atom is -0.497 e. The molecular weight excluding hydrogens is 404 g/mol. The first kappa shape index (κ1) is 20.2. The van der Waals surface area contributed by atoms with E-state index in [1.807, 2.05) is 12.1 Å². The van der Waals surface area contributed by atoms with Gasteiger partial charge in [-0.05, 0) is 24.1 Å². The number of carbonyl (C=O) groups is 1. The first-order chi connectivity index (χ1) is 14.6. The quantitative estimate of drug-likeness (QED) is 0.565. The molecule has 0 unspecified atom stereocenters. The number of amides is 1. The molecule has 1 N–H and O–H groups in total. The van der Waals surface area contributed by atoms with Crippen molar-refractivity contribution in [1.82, 2.24) is 4.98 Å². The second kappa shape index (κ2) is 8.71. The highest BCUT2D eigenvalue weighted by Crippen LogP contribution is 2.37. The summed E-state index contributed by atoms with van der Waals surface area (Å²) >= 11 is 1.41. The number of ether oxygens (including phenoxy) is 4. The second-order valence-electron chi connectivity index (χ2n) is 6.64. The van der Waals surface area contributed by atoms with E-state index in [1.54, 1.807) is 32.4 Å². The van der Waals surface area contributed by atoms with Crippen LogP contribution in [0, 0.1) is 0 Å². The normalized spacial score (nSPS) is 12.1. The van der Waals surface area contributed by atoms with Gasteiger partial charge in [0.1, 0.15) is 16.5 Å². The zero-order valence-corrected chi connectivity index (χ0v) is 17.8. The summed E-state index contributed by atoms with van der Waals surface area (Å²) in [7, 11) is 3.14. The Labute approximate surface area is 178 Å². The van der Waals surface area contributed by atoms with Gasteiger partial charge in [-0.25, -0.2) is 4.98 Å². The van der Waals surface area contributed by atoms with Crippen molar-refractivity contribution in [1.29, 1.82) is 0 Å². The molecule has 1 aromatic heterocycles. The minimum absolute atomic E-state index is 0.134. The SMILES string of the molecule is CCc1cc2cc3c(cc2nc1SCC(=O)Nc1cc(OC)cc(OC)c1)OCO3. The van der Waals surface area contributed by atoms with Crippen LogP contribution < -0.4 is 24.3 Å². The number of hydrogen-bond donors (Lipinski definition) is 1. The van der Waals surface area contributed by atoms with E-state index >= 15 is 0 Å². The zero-order valence-electron chi connectivity index (χ0n) is 17.0. The summed E-state index contributed by atoms with van der Waals surface area (Å²) in [5.41, 5.74) is 2.52. The van der Waals surface area contributed by atoms with Gasteiger partial charge in [0, 0.05) is 35.3 Å². The van der Waals surface area contributed by atoms with Gasteiger partial charge in [-0.2, -0.15) is 0 Å². The summed E-state index contributed by atoms with van der Waals surface area (Å²) in [4.78, 5) is 17.3. The molecule has 0 fully saturated rings. The van der Waals surface area contributed by atoms with Gasteiger partial charge in [-0.3, -0.25) is 4.79 Å². The lowest BCUT2D eigenvalue weighted by Gasteiger charge is -2.11. The molecule has 3 aromatic rings. The molecule has 0 atom stereocenters. The molecule has 0 radical (unpaired) electrons. The Balaban J connectivity index is 1.50. The highest BCUT2D eigenvalue weighted by atomic mass is 32.2. The number of nitrogens with one attached hydrogen (secondary N) is 1. The van der Waals surface area contributed by atoms with Gasteiger partial charge in [-0.1, -0.05) is 18.7 Å². The van der Waals surface area contributed by atoms with Crippen LogP contribution in [-0.2, 0) is 11.2 Å². The van der Waals surface area contributed by atoms with E-state index < -0.39 is 0 Å². The number of rotatable bonds is 7. The molecule has 30 heavy (non-hydrogen) atoms. The summed E-state index contributed by atoms with van der Waals surface area (Å²) in [5, 5.41) is 4.72. The molecule has 0 saturated carbocycles. The average Bonchev–Trinajstić information content (AvgIpc) is 3.22. The summed E-state index contributed by atoms with van der Waals surface area (Å²) in [6.07, 6.45) is 0.814. The third-order valence-corrected chi connectivity index (χ3v) is 5.74. The van der Waals surface area contributed by atoms with E-state index in [2.05, 4.69) is 18.3 Å². The number of nitrogens with zero attached hydrogens (tertiary/aromatic N) is 1. The Kier molecular flexibility index (Phi) is 5.85. The molecule has 0 spiro atoms. The fourth-order valence-electron chi connectivity index (χ4n) is 3.18. The fourth-order valence-corrected chi connectivity index (χ4v) is 4.07. The van der Waals surface area contributed by atoms with Crippen LogP contribution in [0.5, 0.6) is 23.0 Å². The molecule has 0 saturated heterocycles. The van der Waals surface area contributed by atoms with Crippen molar-refractivity contribution in [3.05, 3.63) is 42.0 Å². The third kappa shape index (κ3) is 4.23. The minimum atomic E-state index is -0.134. The van der Waals surface area contributed by atoms with Crippen molar-refractivity contribution in [2.75, 3.05) is 32.1 Å². The average molecular weight is 426 g/mol. The van der Waals surface area contributed by atoms with Gasteiger partial charge in [0.2, 0.25) is 12.7 Å². The van der Waals surface area contributed by atoms with Crippen LogP contribution in [0.4, 0.5) is 5.69 Å². The molecule has 1 aliphatic rings. The van der Waals surface area contributed by atoms with Crippen LogP contribution in [0.3, 0.4) is 0 Å². The number of methoxy groups -OCH3 is 2. The van der Waals surface area contributed by atoms with Crippen LogP contribution in [0.15, 0.2) is 41.4 Å². The highest BCUT2D eigenvalue weighted by molar-refractivity contribution is 8.00. The monoisotopic (exact) mass is 426 g/mol. The number of anilines is 1. The molecule has 156 valence electrons. The van der Waals surface area contributed by atoms with Crippen LogP contribution in [0.1, 0.15) is 12.5 Å². The Bertz CT molecular complexity index is 1080. The maximum atomic E-state index is 12.5. The van der Waals surface area contributed by atoms with E-state index in [0.29, 0.717) is 22.9 Å². The fraction of sp³-hybridized carbons (Fsp3) is 0.273. The van der Waals surface area contributed by atoms with E-state index in [-0.39, 0.29) is 18.5 Å². The number of benzene rings is 2. The second-order valence-corrected chi connectivity index (χ2v) is 7.61. The Hall–Kier alpha value is -3.13. The van der Waals surface area contributed by atoms with Crippen molar-refractivity contribution in [3.8, 4) is 23.0 Å². The Morgan fingerprint density at radius 3 is 2.43 bits per heavy atom. The molecule has 0 aliphatic carbocycles. The molecule has 8 heteroatoms. The van der Waals surface area contributed by atoms with Gasteiger partial charge >= 0.3 is 0 Å². The number of thioether (sulfide) groups is 1. The number of carbonyl (C=O) groups excluding carboxylic acids is 1. The van der Waals surface area contributed by atoms with Gasteiger partial charge in [0.05, 0.1) is 25.5 Å². The Morgan fingerprint density at radius 2 is 1.77 bits per heavy atom. The van der Waals surface area contributed by atoms with Crippen LogP contribution >= 0.6 is 11.8 Å². The standard InChI is InChI=1S/C22H22N2O5S/c1-4-13-5-14-6-19-20(29-12-28-19)10-18(14)24-22(13)30-11-21(25)23-15-7-16(26-2)9-17(8-15)27-3/h5-10H,4,11-12H2,1-3H3,(H,23,25). The zero-order chi connectivity index (χ0) is 21.1. The highest BCUT2D eigenvalue weighted by Gasteiger charge is 2.17. The van der Waals surface area contributed by atoms with Gasteiger partial charge in [0.25, 0.3) is 0 Å². The number of aromatic nitrogens is 1. The number of fused-ring (bicyclic) bond motifs is 2. The molecule has 0 bridgehead atoms. The molecule has 7 nitrogen and oxygen atoms in total. The van der Waals surface area contributed by atoms with E-state index in [0.717, 1.165) is 33.7 Å². The smallest absolute Gasteiger partial charge is 0.234 e. The van der Waals surface area contributed by atoms with E-state index in [9.17, 15) is 4.79 Å². The van der Waals surface area contributed by atoms with Gasteiger partial charge in [-0.15, -0.1) is 0 Å². The van der Waals surface area contributed by atoms with E-state index in [4.69, 9.17) is 23.9 Å². The third-order valence-electron chi connectivity index (χ3n) is 4.70. The van der Waals surface area contributed by atoms with Crippen molar-refractivity contribution in [2.45, 2.75) is 18.4 Å². The van der Waals surface area contributed by atoms with Gasteiger partial charge in [0.15, 0.2) is 11.5 Å². The summed E-state index contributed by atoms with van der Waals surface area (Å²) < 4.78 is 21.4. The summed E-state index contributed by atoms with van der Waals surface area (Å²) in [6, 6.07) is 11.2. The molecule has 2 heterocycles. The van der Waals surface area contributed by atoms with Crippen molar-refractivity contribution in [3.63, 3.8) is 0 Å². The summed E-state index contributed by atoms with van der Waals surface area (Å²) in [6.45, 7) is 2.30. The first-order valence-electron chi connectivity index (χ1n) is 9.48.